The van der Waals surface area contributed by atoms with Crippen molar-refractivity contribution in [3.63, 3.8) is 0 Å². The molecule has 128 valence electrons. The molecule has 25 heavy (non-hydrogen) atoms. The van der Waals surface area contributed by atoms with Crippen LogP contribution >= 0.6 is 0 Å². The Balaban J connectivity index is 1.67. The molecule has 0 atom stereocenters. The molecule has 1 saturated heterocycles. The van der Waals surface area contributed by atoms with Crippen molar-refractivity contribution in [3.8, 4) is 0 Å². The van der Waals surface area contributed by atoms with Gasteiger partial charge in [-0.15, -0.1) is 0 Å². The van der Waals surface area contributed by atoms with E-state index in [1.165, 1.54) is 0 Å². The molecule has 0 unspecified atom stereocenters. The lowest BCUT2D eigenvalue weighted by molar-refractivity contribution is 0.585. The number of rotatable bonds is 4. The topological polar surface area (TPSA) is 65.1 Å². The molecule has 0 amide bonds. The summed E-state index contributed by atoms with van der Waals surface area (Å²) in [4.78, 5) is 11.4. The minimum absolute atomic E-state index is 0.899. The normalized spacial score (nSPS) is 14.5. The number of anilines is 4. The van der Waals surface area contributed by atoms with Crippen molar-refractivity contribution in [3.05, 3.63) is 48.8 Å². The monoisotopic (exact) mass is 334 g/mol. The fourth-order valence-corrected chi connectivity index (χ4v) is 3.09. The summed E-state index contributed by atoms with van der Waals surface area (Å²) < 4.78 is 0. The van der Waals surface area contributed by atoms with E-state index < -0.39 is 0 Å². The van der Waals surface area contributed by atoms with Crippen LogP contribution in [0.4, 0.5) is 22.9 Å². The van der Waals surface area contributed by atoms with E-state index >= 15 is 0 Å². The van der Waals surface area contributed by atoms with E-state index in [0.717, 1.165) is 60.0 Å². The molecule has 0 saturated carbocycles. The molecule has 4 rings (SSSR count). The number of fused-ring (bicyclic) bond motifs is 1. The highest BCUT2D eigenvalue weighted by molar-refractivity contribution is 5.94. The van der Waals surface area contributed by atoms with E-state index in [2.05, 4.69) is 61.2 Å². The molecule has 0 aliphatic carbocycles. The van der Waals surface area contributed by atoms with Crippen LogP contribution in [0.2, 0.25) is 0 Å². The van der Waals surface area contributed by atoms with Crippen molar-refractivity contribution < 1.29 is 0 Å². The van der Waals surface area contributed by atoms with Gasteiger partial charge in [-0.05, 0) is 36.4 Å². The molecule has 3 aromatic rings. The molecule has 0 bridgehead atoms. The molecule has 2 aromatic heterocycles. The zero-order chi connectivity index (χ0) is 17.1. The summed E-state index contributed by atoms with van der Waals surface area (Å²) in [6.45, 7) is 3.95. The van der Waals surface area contributed by atoms with Gasteiger partial charge < -0.3 is 20.9 Å². The van der Waals surface area contributed by atoms with E-state index in [0.29, 0.717) is 0 Å². The van der Waals surface area contributed by atoms with Crippen molar-refractivity contribution in [2.75, 3.05) is 48.8 Å². The molecule has 0 radical (unpaired) electrons. The molecule has 1 aromatic carbocycles. The fraction of sp³-hybridized carbons (Fsp3) is 0.263. The Morgan fingerprint density at radius 2 is 1.76 bits per heavy atom. The third kappa shape index (κ3) is 3.34. The summed E-state index contributed by atoms with van der Waals surface area (Å²) in [5.41, 5.74) is 4.08. The highest BCUT2D eigenvalue weighted by Crippen LogP contribution is 2.28. The lowest BCUT2D eigenvalue weighted by atomic mass is 10.2. The summed E-state index contributed by atoms with van der Waals surface area (Å²) >= 11 is 0. The number of hydrogen-bond donors (Lipinski definition) is 3. The van der Waals surface area contributed by atoms with Gasteiger partial charge in [0, 0.05) is 61.9 Å². The summed E-state index contributed by atoms with van der Waals surface area (Å²) in [6, 6.07) is 12.4. The first-order chi connectivity index (χ1) is 12.3. The van der Waals surface area contributed by atoms with E-state index in [-0.39, 0.29) is 0 Å². The van der Waals surface area contributed by atoms with Crippen molar-refractivity contribution >= 4 is 33.8 Å². The van der Waals surface area contributed by atoms with E-state index in [1.54, 1.807) is 0 Å². The Morgan fingerprint density at radius 3 is 2.52 bits per heavy atom. The van der Waals surface area contributed by atoms with Crippen molar-refractivity contribution in [1.82, 2.24) is 15.3 Å². The summed E-state index contributed by atoms with van der Waals surface area (Å²) in [5.74, 6) is 1.01. The van der Waals surface area contributed by atoms with E-state index in [1.807, 2.05) is 25.5 Å². The molecular formula is C19H22N6. The molecule has 3 N–H and O–H groups in total. The number of benzene rings is 1. The Labute approximate surface area is 147 Å². The molecule has 6 nitrogen and oxygen atoms in total. The number of hydrogen-bond acceptors (Lipinski definition) is 6. The van der Waals surface area contributed by atoms with E-state index in [4.69, 9.17) is 0 Å². The first-order valence-electron chi connectivity index (χ1n) is 8.59. The molecule has 1 aliphatic rings. The number of pyridine rings is 2. The molecule has 0 spiro atoms. The quantitative estimate of drug-likeness (QED) is 0.682. The highest BCUT2D eigenvalue weighted by atomic mass is 15.2. The maximum absolute atomic E-state index is 4.60. The number of aromatic nitrogens is 2. The zero-order valence-electron chi connectivity index (χ0n) is 14.3. The average Bonchev–Trinajstić information content (AvgIpc) is 2.69. The predicted octanol–water partition coefficient (Wildman–Crippen LogP) is 2.82. The van der Waals surface area contributed by atoms with Gasteiger partial charge >= 0.3 is 0 Å². The van der Waals surface area contributed by atoms with Crippen LogP contribution in [0.15, 0.2) is 48.8 Å². The van der Waals surface area contributed by atoms with Crippen molar-refractivity contribution in [2.45, 2.75) is 0 Å². The Morgan fingerprint density at radius 1 is 1.00 bits per heavy atom. The average molecular weight is 334 g/mol. The smallest absolute Gasteiger partial charge is 0.129 e. The third-order valence-electron chi connectivity index (χ3n) is 4.51. The van der Waals surface area contributed by atoms with Gasteiger partial charge in [0.25, 0.3) is 0 Å². The number of nitrogens with zero attached hydrogens (tertiary/aromatic N) is 3. The maximum Gasteiger partial charge on any atom is 0.129 e. The van der Waals surface area contributed by atoms with Gasteiger partial charge in [0.05, 0.1) is 11.7 Å². The Hall–Kier alpha value is -2.86. The second-order valence-electron chi connectivity index (χ2n) is 6.11. The van der Waals surface area contributed by atoms with Crippen LogP contribution in [0.1, 0.15) is 0 Å². The van der Waals surface area contributed by atoms with Gasteiger partial charge in [-0.25, -0.2) is 4.98 Å². The molecule has 6 heteroatoms. The van der Waals surface area contributed by atoms with Gasteiger partial charge in [0.1, 0.15) is 5.82 Å². The van der Waals surface area contributed by atoms with Crippen LogP contribution in [0, 0.1) is 0 Å². The summed E-state index contributed by atoms with van der Waals surface area (Å²) in [7, 11) is 1.92. The fourth-order valence-electron chi connectivity index (χ4n) is 3.09. The standard InChI is InChI=1S/C19H22N6/c1-20-14-2-4-15(5-3-14)24-17-6-7-22-18-13-23-19(12-16(17)18)25-10-8-21-9-11-25/h2-7,12-13,20-21H,8-11H2,1H3,(H,22,24). The van der Waals surface area contributed by atoms with Gasteiger partial charge in [0.15, 0.2) is 0 Å². The Bertz CT molecular complexity index is 855. The molecule has 1 aliphatic heterocycles. The first-order valence-corrected chi connectivity index (χ1v) is 8.59. The zero-order valence-corrected chi connectivity index (χ0v) is 14.3. The second-order valence-corrected chi connectivity index (χ2v) is 6.11. The largest absolute Gasteiger partial charge is 0.388 e. The number of nitrogens with one attached hydrogen (secondary N) is 3. The van der Waals surface area contributed by atoms with Crippen LogP contribution < -0.4 is 20.9 Å². The van der Waals surface area contributed by atoms with Gasteiger partial charge in [-0.3, -0.25) is 4.98 Å². The van der Waals surface area contributed by atoms with Gasteiger partial charge in [-0.1, -0.05) is 0 Å². The molecular weight excluding hydrogens is 312 g/mol. The summed E-state index contributed by atoms with van der Waals surface area (Å²) in [5, 5.41) is 11.1. The van der Waals surface area contributed by atoms with Gasteiger partial charge in [-0.2, -0.15) is 0 Å². The second kappa shape index (κ2) is 6.94. The highest BCUT2D eigenvalue weighted by Gasteiger charge is 2.13. The van der Waals surface area contributed by atoms with Gasteiger partial charge in [0.2, 0.25) is 0 Å². The van der Waals surface area contributed by atoms with Crippen LogP contribution in [0.5, 0.6) is 0 Å². The summed E-state index contributed by atoms with van der Waals surface area (Å²) in [6.07, 6.45) is 3.68. The predicted molar refractivity (Wildman–Crippen MR) is 104 cm³/mol. The number of piperazine rings is 1. The molecule has 1 fully saturated rings. The van der Waals surface area contributed by atoms with Crippen LogP contribution in [-0.2, 0) is 0 Å². The minimum atomic E-state index is 0.899. The Kier molecular flexibility index (Phi) is 4.35. The maximum atomic E-state index is 4.60. The van der Waals surface area contributed by atoms with Crippen LogP contribution in [0.25, 0.3) is 10.9 Å². The van der Waals surface area contributed by atoms with E-state index in [9.17, 15) is 0 Å². The lowest BCUT2D eigenvalue weighted by Crippen LogP contribution is -2.43. The lowest BCUT2D eigenvalue weighted by Gasteiger charge is -2.28. The van der Waals surface area contributed by atoms with Crippen molar-refractivity contribution in [2.24, 2.45) is 0 Å². The SMILES string of the molecule is CNc1ccc(Nc2ccnc3cnc(N4CCNCC4)cc23)cc1. The third-order valence-corrected chi connectivity index (χ3v) is 4.51. The first kappa shape index (κ1) is 15.7. The molecule has 3 heterocycles. The minimum Gasteiger partial charge on any atom is -0.388 e. The van der Waals surface area contributed by atoms with Crippen LogP contribution in [-0.4, -0.2) is 43.2 Å². The van der Waals surface area contributed by atoms with Crippen LogP contribution in [0.3, 0.4) is 0 Å². The van der Waals surface area contributed by atoms with Crippen molar-refractivity contribution in [1.29, 1.82) is 0 Å².